The van der Waals surface area contributed by atoms with E-state index in [9.17, 15) is 0 Å². The molecule has 48 heavy (non-hydrogen) atoms. The summed E-state index contributed by atoms with van der Waals surface area (Å²) in [6.07, 6.45) is 48.9. The summed E-state index contributed by atoms with van der Waals surface area (Å²) in [4.78, 5) is 0. The molecule has 0 radical (unpaired) electrons. The van der Waals surface area contributed by atoms with Gasteiger partial charge >= 0.3 is 0 Å². The van der Waals surface area contributed by atoms with Crippen molar-refractivity contribution in [2.75, 3.05) is 13.2 Å². The number of benzene rings is 1. The van der Waals surface area contributed by atoms with Gasteiger partial charge in [0.2, 0.25) is 0 Å². The molecular weight excluding hydrogens is 585 g/mol. The molecule has 0 aliphatic heterocycles. The van der Waals surface area contributed by atoms with Crippen molar-refractivity contribution in [2.24, 2.45) is 0 Å². The fourth-order valence-electron chi connectivity index (χ4n) is 7.04. The molecule has 0 amide bonds. The number of hydrogen-bond acceptors (Lipinski definition) is 2. The second-order valence-electron chi connectivity index (χ2n) is 15.2. The molecule has 0 saturated heterocycles. The SMILES string of the molecule is CCCCCCCCCCCCCCCCCCCOc1cc(CC)cc(OCCCCCCCCCCCCCCCCCCC)c1. The van der Waals surface area contributed by atoms with Gasteiger partial charge in [-0.3, -0.25) is 0 Å². The van der Waals surface area contributed by atoms with Gasteiger partial charge in [-0.15, -0.1) is 0 Å². The first-order valence-electron chi connectivity index (χ1n) is 22.2. The van der Waals surface area contributed by atoms with E-state index < -0.39 is 0 Å². The number of ether oxygens (including phenoxy) is 2. The first kappa shape index (κ1) is 44.8. The highest BCUT2D eigenvalue weighted by Crippen LogP contribution is 2.24. The van der Waals surface area contributed by atoms with Crippen molar-refractivity contribution in [1.82, 2.24) is 0 Å². The molecule has 0 heterocycles. The summed E-state index contributed by atoms with van der Waals surface area (Å²) >= 11 is 0. The summed E-state index contributed by atoms with van der Waals surface area (Å²) in [5.74, 6) is 1.98. The molecule has 0 aliphatic rings. The molecule has 1 aromatic carbocycles. The topological polar surface area (TPSA) is 18.5 Å². The molecule has 0 aliphatic carbocycles. The minimum absolute atomic E-state index is 0.824. The van der Waals surface area contributed by atoms with Crippen LogP contribution in [0.5, 0.6) is 11.5 Å². The molecule has 0 atom stereocenters. The highest BCUT2D eigenvalue weighted by atomic mass is 16.5. The van der Waals surface area contributed by atoms with Crippen LogP contribution in [0, 0.1) is 0 Å². The molecule has 282 valence electrons. The van der Waals surface area contributed by atoms with Gasteiger partial charge in [0.25, 0.3) is 0 Å². The van der Waals surface area contributed by atoms with E-state index in [4.69, 9.17) is 9.47 Å². The zero-order chi connectivity index (χ0) is 34.4. The molecule has 1 rings (SSSR count). The van der Waals surface area contributed by atoms with E-state index in [1.54, 1.807) is 0 Å². The molecule has 2 heteroatoms. The smallest absolute Gasteiger partial charge is 0.123 e. The summed E-state index contributed by atoms with van der Waals surface area (Å²) in [6.45, 7) is 8.47. The van der Waals surface area contributed by atoms with Crippen molar-refractivity contribution in [3.05, 3.63) is 23.8 Å². The molecule has 0 unspecified atom stereocenters. The summed E-state index contributed by atoms with van der Waals surface area (Å²) < 4.78 is 12.3. The summed E-state index contributed by atoms with van der Waals surface area (Å²) in [6, 6.07) is 6.52. The molecule has 0 N–H and O–H groups in total. The first-order valence-corrected chi connectivity index (χ1v) is 22.2. The van der Waals surface area contributed by atoms with Crippen LogP contribution in [0.15, 0.2) is 18.2 Å². The average molecular weight is 671 g/mol. The van der Waals surface area contributed by atoms with Crippen molar-refractivity contribution in [3.63, 3.8) is 0 Å². The van der Waals surface area contributed by atoms with Crippen molar-refractivity contribution in [3.8, 4) is 11.5 Å². The van der Waals surface area contributed by atoms with Gasteiger partial charge in [0.1, 0.15) is 11.5 Å². The molecule has 0 fully saturated rings. The van der Waals surface area contributed by atoms with Crippen LogP contribution in [0.25, 0.3) is 0 Å². The number of aryl methyl sites for hydroxylation is 1. The second-order valence-corrected chi connectivity index (χ2v) is 15.2. The standard InChI is InChI=1S/C46H86O2/c1-4-7-9-11-13-15-17-19-21-23-25-27-29-31-33-35-37-39-47-45-41-44(6-3)42-46(43-45)48-40-38-36-34-32-30-28-26-24-22-20-18-16-14-12-10-8-5-2/h41-43H,4-40H2,1-3H3. The van der Waals surface area contributed by atoms with Crippen LogP contribution in [0.1, 0.15) is 245 Å². The van der Waals surface area contributed by atoms with E-state index in [-0.39, 0.29) is 0 Å². The highest BCUT2D eigenvalue weighted by molar-refractivity contribution is 5.38. The molecule has 0 aromatic heterocycles. The van der Waals surface area contributed by atoms with Gasteiger partial charge in [-0.05, 0) is 37.0 Å². The quantitative estimate of drug-likeness (QED) is 0.0649. The van der Waals surface area contributed by atoms with Gasteiger partial charge in [0.05, 0.1) is 13.2 Å². The summed E-state index contributed by atoms with van der Waals surface area (Å²) in [5.41, 5.74) is 1.31. The molecule has 2 nitrogen and oxygen atoms in total. The Morgan fingerprint density at radius 1 is 0.292 bits per heavy atom. The van der Waals surface area contributed by atoms with Crippen LogP contribution in [0.4, 0.5) is 0 Å². The minimum Gasteiger partial charge on any atom is -0.493 e. The number of hydrogen-bond donors (Lipinski definition) is 0. The van der Waals surface area contributed by atoms with Crippen LogP contribution in [-0.2, 0) is 6.42 Å². The molecule has 1 aromatic rings. The van der Waals surface area contributed by atoms with E-state index >= 15 is 0 Å². The summed E-state index contributed by atoms with van der Waals surface area (Å²) in [7, 11) is 0. The third-order valence-corrected chi connectivity index (χ3v) is 10.4. The Balaban J connectivity index is 1.93. The Kier molecular flexibility index (Phi) is 34.6. The van der Waals surface area contributed by atoms with Gasteiger partial charge in [-0.1, -0.05) is 226 Å². The van der Waals surface area contributed by atoms with E-state index in [0.717, 1.165) is 44.0 Å². The number of unbranched alkanes of at least 4 members (excludes halogenated alkanes) is 32. The molecule has 0 bridgehead atoms. The van der Waals surface area contributed by atoms with Gasteiger partial charge < -0.3 is 9.47 Å². The van der Waals surface area contributed by atoms with Crippen LogP contribution >= 0.6 is 0 Å². The third-order valence-electron chi connectivity index (χ3n) is 10.4. The van der Waals surface area contributed by atoms with Crippen molar-refractivity contribution < 1.29 is 9.47 Å². The van der Waals surface area contributed by atoms with E-state index in [1.165, 1.54) is 211 Å². The second kappa shape index (κ2) is 37.1. The number of rotatable bonds is 39. The lowest BCUT2D eigenvalue weighted by Gasteiger charge is -2.12. The lowest BCUT2D eigenvalue weighted by atomic mass is 10.0. The molecule has 0 saturated carbocycles. The fourth-order valence-corrected chi connectivity index (χ4v) is 7.04. The minimum atomic E-state index is 0.824. The van der Waals surface area contributed by atoms with Gasteiger partial charge in [0.15, 0.2) is 0 Å². The Morgan fingerprint density at radius 2 is 0.521 bits per heavy atom. The van der Waals surface area contributed by atoms with Crippen LogP contribution < -0.4 is 9.47 Å². The van der Waals surface area contributed by atoms with E-state index in [0.29, 0.717) is 0 Å². The van der Waals surface area contributed by atoms with E-state index in [1.807, 2.05) is 0 Å². The highest BCUT2D eigenvalue weighted by Gasteiger charge is 2.04. The van der Waals surface area contributed by atoms with Crippen LogP contribution in [0.2, 0.25) is 0 Å². The van der Waals surface area contributed by atoms with Crippen molar-refractivity contribution in [1.29, 1.82) is 0 Å². The lowest BCUT2D eigenvalue weighted by molar-refractivity contribution is 0.289. The van der Waals surface area contributed by atoms with Crippen LogP contribution in [-0.4, -0.2) is 13.2 Å². The van der Waals surface area contributed by atoms with Gasteiger partial charge in [0, 0.05) is 6.07 Å². The normalized spacial score (nSPS) is 11.4. The predicted octanol–water partition coefficient (Wildman–Crippen LogP) is 16.3. The maximum Gasteiger partial charge on any atom is 0.123 e. The zero-order valence-electron chi connectivity index (χ0n) is 33.2. The lowest BCUT2D eigenvalue weighted by Crippen LogP contribution is -2.01. The third kappa shape index (κ3) is 30.8. The van der Waals surface area contributed by atoms with Gasteiger partial charge in [-0.2, -0.15) is 0 Å². The predicted molar refractivity (Wildman–Crippen MR) is 215 cm³/mol. The zero-order valence-corrected chi connectivity index (χ0v) is 33.2. The van der Waals surface area contributed by atoms with Crippen molar-refractivity contribution in [2.45, 2.75) is 245 Å². The Bertz CT molecular complexity index is 700. The Hall–Kier alpha value is -1.18. The van der Waals surface area contributed by atoms with Crippen molar-refractivity contribution >= 4 is 0 Å². The largest absolute Gasteiger partial charge is 0.493 e. The molecular formula is C46H86O2. The Labute approximate surface area is 302 Å². The summed E-state index contributed by atoms with van der Waals surface area (Å²) in [5, 5.41) is 0. The van der Waals surface area contributed by atoms with Gasteiger partial charge in [-0.25, -0.2) is 0 Å². The Morgan fingerprint density at radius 3 is 0.750 bits per heavy atom. The van der Waals surface area contributed by atoms with E-state index in [2.05, 4.69) is 39.0 Å². The van der Waals surface area contributed by atoms with Crippen LogP contribution in [0.3, 0.4) is 0 Å². The maximum atomic E-state index is 6.17. The average Bonchev–Trinajstić information content (AvgIpc) is 3.10. The fraction of sp³-hybridized carbons (Fsp3) is 0.870. The monoisotopic (exact) mass is 671 g/mol. The molecule has 0 spiro atoms. The first-order chi connectivity index (χ1) is 23.8. The maximum absolute atomic E-state index is 6.17.